The van der Waals surface area contributed by atoms with Crippen LogP contribution in [0, 0.1) is 6.92 Å². The Morgan fingerprint density at radius 2 is 2.06 bits per heavy atom. The number of nitrogens with zero attached hydrogens (tertiary/aromatic N) is 2. The van der Waals surface area contributed by atoms with Crippen LogP contribution in [0.2, 0.25) is 5.02 Å². The molecule has 2 heterocycles. The molecule has 18 heavy (non-hydrogen) atoms. The summed E-state index contributed by atoms with van der Waals surface area (Å²) in [7, 11) is 0. The molecule has 1 aromatic carbocycles. The second kappa shape index (κ2) is 3.99. The van der Waals surface area contributed by atoms with Gasteiger partial charge in [-0.05, 0) is 36.8 Å². The lowest BCUT2D eigenvalue weighted by molar-refractivity contribution is 1.28. The maximum absolute atomic E-state index is 5.99. The van der Waals surface area contributed by atoms with Gasteiger partial charge >= 0.3 is 0 Å². The Hall–Kier alpha value is -2.07. The Labute approximate surface area is 109 Å². The average molecular weight is 259 g/mol. The highest BCUT2D eigenvalue weighted by molar-refractivity contribution is 6.31. The van der Waals surface area contributed by atoms with Gasteiger partial charge in [0.25, 0.3) is 0 Å². The van der Waals surface area contributed by atoms with Crippen LogP contribution >= 0.6 is 11.6 Å². The van der Waals surface area contributed by atoms with Crippen molar-refractivity contribution >= 4 is 28.5 Å². The second-order valence-electron chi connectivity index (χ2n) is 4.24. The quantitative estimate of drug-likeness (QED) is 0.659. The summed E-state index contributed by atoms with van der Waals surface area (Å²) < 4.78 is 0. The number of nitrogens with two attached hydrogens (primary N) is 1. The fourth-order valence-electron chi connectivity index (χ4n) is 1.89. The highest BCUT2D eigenvalue weighted by Gasteiger charge is 2.07. The van der Waals surface area contributed by atoms with E-state index in [2.05, 4.69) is 15.0 Å². The number of hydrogen-bond acceptors (Lipinski definition) is 3. The molecule has 0 aliphatic carbocycles. The number of imidazole rings is 1. The van der Waals surface area contributed by atoms with Crippen molar-refractivity contribution in [3.05, 3.63) is 41.0 Å². The monoisotopic (exact) mass is 258 g/mol. The SMILES string of the molecule is Cc1cnc2nc(-c3cc(N)cc(Cl)c3)[nH]c2c1. The van der Waals surface area contributed by atoms with Crippen LogP contribution in [0.1, 0.15) is 5.56 Å². The van der Waals surface area contributed by atoms with E-state index in [0.29, 0.717) is 16.4 Å². The molecular weight excluding hydrogens is 248 g/mol. The lowest BCUT2D eigenvalue weighted by Gasteiger charge is -2.00. The van der Waals surface area contributed by atoms with Gasteiger partial charge in [-0.25, -0.2) is 9.97 Å². The normalized spacial score (nSPS) is 11.0. The lowest BCUT2D eigenvalue weighted by atomic mass is 10.2. The number of rotatable bonds is 1. The topological polar surface area (TPSA) is 67.6 Å². The van der Waals surface area contributed by atoms with E-state index in [-0.39, 0.29) is 0 Å². The molecule has 3 N–H and O–H groups in total. The van der Waals surface area contributed by atoms with Gasteiger partial charge in [0, 0.05) is 22.5 Å². The average Bonchev–Trinajstić information content (AvgIpc) is 2.70. The Balaban J connectivity index is 2.19. The van der Waals surface area contributed by atoms with E-state index in [1.165, 1.54) is 0 Å². The molecule has 0 unspecified atom stereocenters. The van der Waals surface area contributed by atoms with E-state index >= 15 is 0 Å². The maximum Gasteiger partial charge on any atom is 0.178 e. The van der Waals surface area contributed by atoms with E-state index < -0.39 is 0 Å². The molecule has 0 saturated heterocycles. The maximum atomic E-state index is 5.99. The molecule has 0 aliphatic rings. The van der Waals surface area contributed by atoms with Gasteiger partial charge < -0.3 is 10.7 Å². The van der Waals surface area contributed by atoms with Crippen molar-refractivity contribution in [3.63, 3.8) is 0 Å². The van der Waals surface area contributed by atoms with Gasteiger partial charge in [0.1, 0.15) is 5.82 Å². The number of halogens is 1. The Kier molecular flexibility index (Phi) is 2.45. The highest BCUT2D eigenvalue weighted by Crippen LogP contribution is 2.25. The van der Waals surface area contributed by atoms with Crippen molar-refractivity contribution in [2.75, 3.05) is 5.73 Å². The van der Waals surface area contributed by atoms with Crippen LogP contribution in [0.25, 0.3) is 22.6 Å². The number of hydrogen-bond donors (Lipinski definition) is 2. The van der Waals surface area contributed by atoms with Gasteiger partial charge in [-0.3, -0.25) is 0 Å². The molecule has 3 rings (SSSR count). The van der Waals surface area contributed by atoms with Crippen LogP contribution in [-0.4, -0.2) is 15.0 Å². The van der Waals surface area contributed by atoms with Gasteiger partial charge in [-0.15, -0.1) is 0 Å². The molecule has 3 aromatic rings. The zero-order valence-corrected chi connectivity index (χ0v) is 10.5. The molecular formula is C13H11ClN4. The van der Waals surface area contributed by atoms with Crippen LogP contribution in [0.4, 0.5) is 5.69 Å². The van der Waals surface area contributed by atoms with E-state index in [1.807, 2.05) is 25.1 Å². The minimum absolute atomic E-state index is 0.592. The van der Waals surface area contributed by atoms with Crippen molar-refractivity contribution in [1.29, 1.82) is 0 Å². The number of nitrogens with one attached hydrogen (secondary N) is 1. The minimum Gasteiger partial charge on any atom is -0.399 e. The number of fused-ring (bicyclic) bond motifs is 1. The third kappa shape index (κ3) is 1.91. The Morgan fingerprint density at radius 1 is 1.22 bits per heavy atom. The van der Waals surface area contributed by atoms with Crippen molar-refractivity contribution < 1.29 is 0 Å². The van der Waals surface area contributed by atoms with E-state index in [4.69, 9.17) is 17.3 Å². The van der Waals surface area contributed by atoms with Crippen molar-refractivity contribution in [2.24, 2.45) is 0 Å². The number of aryl methyl sites for hydroxylation is 1. The molecule has 4 nitrogen and oxygen atoms in total. The number of benzene rings is 1. The number of H-pyrrole nitrogens is 1. The van der Waals surface area contributed by atoms with Crippen LogP contribution in [0.3, 0.4) is 0 Å². The third-order valence-electron chi connectivity index (χ3n) is 2.67. The van der Waals surface area contributed by atoms with Crippen molar-refractivity contribution in [3.8, 4) is 11.4 Å². The first kappa shape index (κ1) is 11.0. The van der Waals surface area contributed by atoms with E-state index in [9.17, 15) is 0 Å². The van der Waals surface area contributed by atoms with E-state index in [0.717, 1.165) is 22.5 Å². The first-order valence-corrected chi connectivity index (χ1v) is 5.88. The molecule has 0 bridgehead atoms. The summed E-state index contributed by atoms with van der Waals surface area (Å²) in [6, 6.07) is 7.36. The first-order valence-electron chi connectivity index (χ1n) is 5.50. The highest BCUT2D eigenvalue weighted by atomic mass is 35.5. The summed E-state index contributed by atoms with van der Waals surface area (Å²) in [5.41, 5.74) is 9.93. The first-order chi connectivity index (χ1) is 8.61. The number of aromatic nitrogens is 3. The molecule has 2 aromatic heterocycles. The molecule has 0 spiro atoms. The zero-order valence-electron chi connectivity index (χ0n) is 9.74. The van der Waals surface area contributed by atoms with Crippen molar-refractivity contribution in [1.82, 2.24) is 15.0 Å². The van der Waals surface area contributed by atoms with Gasteiger partial charge in [0.2, 0.25) is 0 Å². The lowest BCUT2D eigenvalue weighted by Crippen LogP contribution is -1.87. The molecule has 0 atom stereocenters. The fraction of sp³-hybridized carbons (Fsp3) is 0.0769. The van der Waals surface area contributed by atoms with Gasteiger partial charge in [0.05, 0.1) is 5.52 Å². The van der Waals surface area contributed by atoms with Gasteiger partial charge in [-0.2, -0.15) is 0 Å². The fourth-order valence-corrected chi connectivity index (χ4v) is 2.13. The zero-order chi connectivity index (χ0) is 12.7. The Bertz CT molecular complexity index is 713. The van der Waals surface area contributed by atoms with Gasteiger partial charge in [-0.1, -0.05) is 11.6 Å². The third-order valence-corrected chi connectivity index (χ3v) is 2.89. The van der Waals surface area contributed by atoms with Crippen LogP contribution < -0.4 is 5.73 Å². The van der Waals surface area contributed by atoms with Crippen LogP contribution in [-0.2, 0) is 0 Å². The largest absolute Gasteiger partial charge is 0.399 e. The number of aromatic amines is 1. The molecule has 0 aliphatic heterocycles. The molecule has 5 heteroatoms. The van der Waals surface area contributed by atoms with Gasteiger partial charge in [0.15, 0.2) is 5.65 Å². The molecule has 0 amide bonds. The summed E-state index contributed by atoms with van der Waals surface area (Å²) in [5.74, 6) is 0.720. The van der Waals surface area contributed by atoms with E-state index in [1.54, 1.807) is 12.3 Å². The summed E-state index contributed by atoms with van der Waals surface area (Å²) in [6.45, 7) is 1.99. The Morgan fingerprint density at radius 3 is 2.83 bits per heavy atom. The summed E-state index contributed by atoms with van der Waals surface area (Å²) in [5, 5.41) is 0.592. The predicted molar refractivity (Wildman–Crippen MR) is 73.5 cm³/mol. The van der Waals surface area contributed by atoms with Crippen LogP contribution in [0.15, 0.2) is 30.5 Å². The predicted octanol–water partition coefficient (Wildman–Crippen LogP) is 3.17. The van der Waals surface area contributed by atoms with Crippen molar-refractivity contribution in [2.45, 2.75) is 6.92 Å². The number of nitrogen functional groups attached to an aromatic ring is 1. The van der Waals surface area contributed by atoms with Crippen LogP contribution in [0.5, 0.6) is 0 Å². The summed E-state index contributed by atoms with van der Waals surface area (Å²) in [6.07, 6.45) is 1.79. The second-order valence-corrected chi connectivity index (χ2v) is 4.68. The molecule has 0 radical (unpaired) electrons. The smallest absolute Gasteiger partial charge is 0.178 e. The molecule has 0 fully saturated rings. The standard InChI is InChI=1S/C13H11ClN4/c1-7-2-11-13(16-6-7)18-12(17-11)8-3-9(14)5-10(15)4-8/h2-6H,15H2,1H3,(H,16,17,18). The molecule has 0 saturated carbocycles. The number of anilines is 1. The number of pyridine rings is 1. The summed E-state index contributed by atoms with van der Waals surface area (Å²) >= 11 is 5.99. The molecule has 90 valence electrons. The summed E-state index contributed by atoms with van der Waals surface area (Å²) in [4.78, 5) is 11.9. The minimum atomic E-state index is 0.592.